The summed E-state index contributed by atoms with van der Waals surface area (Å²) >= 11 is 4.41. The molecule has 4 aromatic heterocycles. The number of Topliss-reactive ketones (excluding diaryl/α,β-unsaturated/α-hetero) is 1. The first-order valence-corrected chi connectivity index (χ1v) is 29.7. The molecule has 18 nitrogen and oxygen atoms in total. The van der Waals surface area contributed by atoms with Gasteiger partial charge in [-0.05, 0) is 98.9 Å². The number of ether oxygens (including phenoxy) is 1. The molecule has 0 saturated carbocycles. The second-order valence-corrected chi connectivity index (χ2v) is 24.4. The van der Waals surface area contributed by atoms with Gasteiger partial charge in [0.1, 0.15) is 17.8 Å². The number of likely N-dealkylation sites (tertiary alicyclic amines) is 1. The number of hydrogen-bond donors (Lipinski definition) is 4. The molecule has 428 valence electrons. The van der Waals surface area contributed by atoms with Crippen LogP contribution in [-0.4, -0.2) is 121 Å². The number of halogens is 1. The second kappa shape index (κ2) is 27.0. The third kappa shape index (κ3) is 15.4. The van der Waals surface area contributed by atoms with Gasteiger partial charge in [-0.25, -0.2) is 19.3 Å². The number of benzene rings is 3. The predicted molar refractivity (Wildman–Crippen MR) is 316 cm³/mol. The van der Waals surface area contributed by atoms with E-state index in [1.54, 1.807) is 41.5 Å². The van der Waals surface area contributed by atoms with E-state index < -0.39 is 35.3 Å². The molecule has 0 spiro atoms. The fraction of sp³-hybridized carbons (Fsp3) is 0.424. The Kier molecular flexibility index (Phi) is 19.9. The van der Waals surface area contributed by atoms with Crippen molar-refractivity contribution in [3.05, 3.63) is 118 Å². The Bertz CT molecular complexity index is 3310. The van der Waals surface area contributed by atoms with Gasteiger partial charge in [0, 0.05) is 57.7 Å². The molecule has 1 aliphatic heterocycles. The van der Waals surface area contributed by atoms with Crippen LogP contribution in [0.15, 0.2) is 84.4 Å². The number of carbonyl (C=O) groups is 5. The number of aryl methyl sites for hydroxylation is 3. The highest BCUT2D eigenvalue weighted by molar-refractivity contribution is 7.22. The Balaban J connectivity index is 0.847. The lowest BCUT2D eigenvalue weighted by molar-refractivity contribution is -0.144. The fourth-order valence-corrected chi connectivity index (χ4v) is 12.4. The average Bonchev–Trinajstić information content (AvgIpc) is 4.30. The van der Waals surface area contributed by atoms with Crippen molar-refractivity contribution in [1.29, 1.82) is 0 Å². The minimum atomic E-state index is -0.966. The Morgan fingerprint density at radius 2 is 1.64 bits per heavy atom. The lowest BCUT2D eigenvalue weighted by Crippen LogP contribution is -2.57. The maximum atomic E-state index is 14.3. The summed E-state index contributed by atoms with van der Waals surface area (Å²) in [5, 5.41) is 30.3. The first-order chi connectivity index (χ1) is 38.7. The van der Waals surface area contributed by atoms with Crippen molar-refractivity contribution in [1.82, 2.24) is 45.6 Å². The first kappa shape index (κ1) is 59.8. The minimum absolute atomic E-state index is 0.0359. The molecule has 1 saturated heterocycles. The summed E-state index contributed by atoms with van der Waals surface area (Å²) in [6.07, 6.45) is 2.04. The summed E-state index contributed by atoms with van der Waals surface area (Å²) in [7, 11) is 1.72. The van der Waals surface area contributed by atoms with Crippen LogP contribution in [0.1, 0.15) is 118 Å². The smallest absolute Gasteiger partial charge is 0.246 e. The summed E-state index contributed by atoms with van der Waals surface area (Å²) in [6.45, 7) is 13.5. The topological polar surface area (TPSA) is 225 Å². The van der Waals surface area contributed by atoms with Gasteiger partial charge in [-0.3, -0.25) is 28.9 Å². The normalized spacial score (nSPS) is 15.1. The largest absolute Gasteiger partial charge is 0.491 e. The molecule has 0 aliphatic carbocycles. The van der Waals surface area contributed by atoms with E-state index in [-0.39, 0.29) is 80.8 Å². The number of ketones is 1. The van der Waals surface area contributed by atoms with Crippen LogP contribution in [0.5, 0.6) is 5.75 Å². The monoisotopic (exact) mass is 1160 g/mol. The molecule has 5 heterocycles. The zero-order valence-corrected chi connectivity index (χ0v) is 49.4. The van der Waals surface area contributed by atoms with Crippen LogP contribution in [0.25, 0.3) is 20.7 Å². The lowest BCUT2D eigenvalue weighted by Gasteiger charge is -2.35. The number of fused-ring (bicyclic) bond motifs is 1. The van der Waals surface area contributed by atoms with Gasteiger partial charge >= 0.3 is 0 Å². The lowest BCUT2D eigenvalue weighted by atomic mass is 9.85. The summed E-state index contributed by atoms with van der Waals surface area (Å²) in [5.74, 6) is -0.773. The van der Waals surface area contributed by atoms with Crippen molar-refractivity contribution in [3.8, 4) is 16.2 Å². The Morgan fingerprint density at radius 1 is 0.901 bits per heavy atom. The molecule has 0 bridgehead atoms. The fourth-order valence-electron chi connectivity index (χ4n) is 9.49. The molecule has 8 rings (SSSR count). The van der Waals surface area contributed by atoms with E-state index in [9.17, 15) is 33.5 Å². The van der Waals surface area contributed by atoms with Gasteiger partial charge in [-0.15, -0.1) is 32.9 Å². The molecule has 0 radical (unpaired) electrons. The van der Waals surface area contributed by atoms with E-state index in [2.05, 4.69) is 36.1 Å². The molecule has 22 heteroatoms. The van der Waals surface area contributed by atoms with Gasteiger partial charge in [-0.1, -0.05) is 87.1 Å². The summed E-state index contributed by atoms with van der Waals surface area (Å²) in [4.78, 5) is 88.7. The number of hydrogen-bond acceptors (Lipinski definition) is 17. The maximum Gasteiger partial charge on any atom is 0.246 e. The van der Waals surface area contributed by atoms with Crippen molar-refractivity contribution in [2.24, 2.45) is 5.41 Å². The summed E-state index contributed by atoms with van der Waals surface area (Å²) in [6, 6.07) is 21.6. The Hall–Kier alpha value is -7.27. The Morgan fingerprint density at radius 3 is 2.35 bits per heavy atom. The first-order valence-electron chi connectivity index (χ1n) is 27.2. The molecule has 1 aliphatic rings. The van der Waals surface area contributed by atoms with Crippen LogP contribution in [0.2, 0.25) is 0 Å². The minimum Gasteiger partial charge on any atom is -0.491 e. The number of para-hydroxylation sites is 2. The number of nitrogens with one attached hydrogen (secondary N) is 3. The number of anilines is 4. The molecule has 4 N–H and O–H groups in total. The molecule has 1 fully saturated rings. The number of unbranched alkanes of at least 4 members (excludes halogenated alkanes) is 2. The second-order valence-electron chi connectivity index (χ2n) is 21.5. The van der Waals surface area contributed by atoms with E-state index in [1.165, 1.54) is 40.6 Å². The van der Waals surface area contributed by atoms with Gasteiger partial charge in [0.25, 0.3) is 0 Å². The van der Waals surface area contributed by atoms with Gasteiger partial charge in [-0.2, -0.15) is 0 Å². The molecule has 4 atom stereocenters. The quantitative estimate of drug-likeness (QED) is 0.0309. The number of aliphatic hydroxyl groups excluding tert-OH is 1. The highest BCUT2D eigenvalue weighted by atomic mass is 32.1. The maximum absolute atomic E-state index is 14.3. The molecule has 3 aromatic carbocycles. The third-order valence-electron chi connectivity index (χ3n) is 14.1. The van der Waals surface area contributed by atoms with Crippen LogP contribution in [0.3, 0.4) is 0 Å². The SMILES string of the molecule is CC(=O)c1nc(N(CCN(C)C(=O)CCCCCC(=O)N[C@H](C(=O)N2C[C@H](O)C[C@H]2C(=O)N[C@@H](C)c2ccc(-c3scnc3C)cc2)C(C)(C)C)c2cc(C)c(Nc3nc4ccccc4s3)nn2)sc1CCCOc1ccccc1F. The number of likely N-dealkylation sites (N-methyl/N-ethyl adjacent to an activating group) is 1. The number of rotatable bonds is 25. The van der Waals surface area contributed by atoms with Crippen LogP contribution in [0, 0.1) is 25.1 Å². The van der Waals surface area contributed by atoms with Gasteiger partial charge < -0.3 is 35.6 Å². The summed E-state index contributed by atoms with van der Waals surface area (Å²) in [5.41, 5.74) is 5.92. The zero-order valence-electron chi connectivity index (χ0n) is 47.0. The predicted octanol–water partition coefficient (Wildman–Crippen LogP) is 10.3. The van der Waals surface area contributed by atoms with Gasteiger partial charge in [0.2, 0.25) is 23.6 Å². The van der Waals surface area contributed by atoms with Gasteiger partial charge in [0.15, 0.2) is 39.2 Å². The van der Waals surface area contributed by atoms with Crippen molar-refractivity contribution < 1.29 is 38.2 Å². The van der Waals surface area contributed by atoms with Crippen molar-refractivity contribution in [3.63, 3.8) is 0 Å². The van der Waals surface area contributed by atoms with E-state index >= 15 is 0 Å². The molecular formula is C59H70FN11O7S3. The van der Waals surface area contributed by atoms with E-state index in [0.717, 1.165) is 42.4 Å². The van der Waals surface area contributed by atoms with Crippen molar-refractivity contribution >= 4 is 95.5 Å². The van der Waals surface area contributed by atoms with Crippen LogP contribution < -0.4 is 25.6 Å². The zero-order chi connectivity index (χ0) is 58.0. The molecule has 7 aromatic rings. The van der Waals surface area contributed by atoms with Gasteiger partial charge in [0.05, 0.1) is 45.1 Å². The van der Waals surface area contributed by atoms with Crippen LogP contribution in [0.4, 0.5) is 26.3 Å². The van der Waals surface area contributed by atoms with E-state index in [0.29, 0.717) is 59.7 Å². The number of β-amino-alcohol motifs (C(OH)–C–C–N with tert-alkyl or cyclic N) is 1. The molecular weight excluding hydrogens is 1090 g/mol. The number of aromatic nitrogens is 5. The third-order valence-corrected chi connectivity index (χ3v) is 17.2. The average molecular weight is 1160 g/mol. The number of aliphatic hydroxyl groups is 1. The van der Waals surface area contributed by atoms with E-state index in [4.69, 9.17) is 9.72 Å². The standard InChI is InChI=1S/C59H70FN11O7S3/c1-35-31-48(67-68-54(35)66-57-63-43-18-13-15-20-46(43)80-57)70(58-65-51(38(4)72)47(81-58)21-16-30-78-45-19-14-12-17-42(45)60)29-28-69(8)50(75)23-11-9-10-22-49(74)64-53(59(5,6)7)56(77)71-33-41(73)32-44(71)55(76)62-36(2)39-24-26-40(27-25-39)52-37(3)61-34-79-52/h12-15,17-20,24-27,31,34,36,41,44,53,73H,9-11,16,21-23,28-30,32-33H2,1-8H3,(H,62,76)(H,64,74)(H,63,66,68)/t36-,41+,44-,53+/m0/s1. The van der Waals surface area contributed by atoms with Crippen molar-refractivity contribution in [2.45, 2.75) is 124 Å². The highest BCUT2D eigenvalue weighted by Crippen LogP contribution is 2.35. The molecule has 81 heavy (non-hydrogen) atoms. The Labute approximate surface area is 483 Å². The number of carbonyl (C=O) groups excluding carboxylic acids is 5. The molecule has 4 amide bonds. The molecule has 0 unspecified atom stereocenters. The van der Waals surface area contributed by atoms with Crippen molar-refractivity contribution in [2.75, 3.05) is 43.5 Å². The summed E-state index contributed by atoms with van der Waals surface area (Å²) < 4.78 is 21.0. The van der Waals surface area contributed by atoms with Crippen LogP contribution in [-0.2, 0) is 25.6 Å². The number of nitrogens with zero attached hydrogens (tertiary/aromatic N) is 8. The highest BCUT2D eigenvalue weighted by Gasteiger charge is 2.44. The number of thiazole rings is 3. The van der Waals surface area contributed by atoms with E-state index in [1.807, 2.05) is 107 Å². The van der Waals surface area contributed by atoms with Crippen LogP contribution >= 0.6 is 34.0 Å². The number of amides is 4.